The Hall–Kier alpha value is -2.99. The number of amides is 2. The summed E-state index contributed by atoms with van der Waals surface area (Å²) in [7, 11) is 1.33. The number of imide groups is 1. The van der Waals surface area contributed by atoms with Crippen molar-refractivity contribution in [1.29, 1.82) is 0 Å². The summed E-state index contributed by atoms with van der Waals surface area (Å²) in [5.74, 6) is -1.90. The summed E-state index contributed by atoms with van der Waals surface area (Å²) < 4.78 is 4.80. The molecule has 0 aliphatic carbocycles. The average Bonchev–Trinajstić information content (AvgIpc) is 3.21. The summed E-state index contributed by atoms with van der Waals surface area (Å²) in [5, 5.41) is 3.35. The molecule has 0 unspecified atom stereocenters. The van der Waals surface area contributed by atoms with Gasteiger partial charge in [0.1, 0.15) is 0 Å². The Bertz CT molecular complexity index is 884. The maximum Gasteiger partial charge on any atom is 0.307 e. The van der Waals surface area contributed by atoms with E-state index < -0.39 is 23.8 Å². The lowest BCUT2D eigenvalue weighted by molar-refractivity contribution is -0.142. The van der Waals surface area contributed by atoms with E-state index in [-0.39, 0.29) is 30.8 Å². The molecule has 2 amide bonds. The number of benzene rings is 2. The predicted molar refractivity (Wildman–Crippen MR) is 102 cm³/mol. The van der Waals surface area contributed by atoms with Gasteiger partial charge in [0, 0.05) is 12.1 Å². The van der Waals surface area contributed by atoms with Crippen LogP contribution in [0, 0.1) is 11.8 Å². The summed E-state index contributed by atoms with van der Waals surface area (Å²) in [5.41, 5.74) is 1.84. The Morgan fingerprint density at radius 3 is 2.21 bits per heavy atom. The average molecular weight is 378 g/mol. The third kappa shape index (κ3) is 3.20. The van der Waals surface area contributed by atoms with Crippen LogP contribution >= 0.6 is 0 Å². The lowest BCUT2D eigenvalue weighted by Crippen LogP contribution is -2.40. The van der Waals surface area contributed by atoms with E-state index in [0.29, 0.717) is 0 Å². The molecule has 4 rings (SSSR count). The van der Waals surface area contributed by atoms with E-state index in [1.165, 1.54) is 12.0 Å². The maximum absolute atomic E-state index is 13.2. The molecule has 2 aromatic carbocycles. The van der Waals surface area contributed by atoms with Crippen LogP contribution < -0.4 is 5.32 Å². The van der Waals surface area contributed by atoms with Crippen molar-refractivity contribution in [1.82, 2.24) is 10.2 Å². The molecule has 2 aliphatic heterocycles. The Balaban J connectivity index is 1.66. The van der Waals surface area contributed by atoms with E-state index in [1.54, 1.807) is 0 Å². The molecule has 0 bridgehead atoms. The number of hydrogen-bond acceptors (Lipinski definition) is 5. The first kappa shape index (κ1) is 18.4. The highest BCUT2D eigenvalue weighted by molar-refractivity contribution is 6.06. The molecular formula is C22H22N2O4. The van der Waals surface area contributed by atoms with E-state index in [9.17, 15) is 14.4 Å². The second-order valence-corrected chi connectivity index (χ2v) is 7.24. The van der Waals surface area contributed by atoms with E-state index in [1.807, 2.05) is 60.7 Å². The molecular weight excluding hydrogens is 356 g/mol. The molecule has 2 aromatic rings. The second-order valence-electron chi connectivity index (χ2n) is 7.24. The van der Waals surface area contributed by atoms with E-state index in [4.69, 9.17) is 4.74 Å². The third-order valence-electron chi connectivity index (χ3n) is 5.63. The topological polar surface area (TPSA) is 75.7 Å². The molecule has 0 saturated carbocycles. The van der Waals surface area contributed by atoms with Crippen LogP contribution in [0.3, 0.4) is 0 Å². The van der Waals surface area contributed by atoms with Crippen LogP contribution in [0.2, 0.25) is 0 Å². The van der Waals surface area contributed by atoms with Gasteiger partial charge in [-0.05, 0) is 11.1 Å². The number of methoxy groups -OCH3 is 1. The Morgan fingerprint density at radius 2 is 1.57 bits per heavy atom. The minimum atomic E-state index is -0.569. The summed E-state index contributed by atoms with van der Waals surface area (Å²) in [6.45, 7) is 0.248. The number of likely N-dealkylation sites (tertiary alicyclic amines) is 1. The molecule has 2 saturated heterocycles. The lowest BCUT2D eigenvalue weighted by Gasteiger charge is -2.22. The molecule has 0 spiro atoms. The molecule has 2 heterocycles. The van der Waals surface area contributed by atoms with Gasteiger partial charge in [0.25, 0.3) is 0 Å². The first-order valence-corrected chi connectivity index (χ1v) is 9.37. The summed E-state index contributed by atoms with van der Waals surface area (Å²) in [6.07, 6.45) is 0.0548. The molecule has 2 aliphatic rings. The first-order valence-electron chi connectivity index (χ1n) is 9.37. The molecule has 0 radical (unpaired) electrons. The van der Waals surface area contributed by atoms with Crippen molar-refractivity contribution < 1.29 is 19.1 Å². The zero-order valence-electron chi connectivity index (χ0n) is 15.6. The number of carbonyl (C=O) groups is 3. The van der Waals surface area contributed by atoms with Gasteiger partial charge in [-0.15, -0.1) is 0 Å². The molecule has 6 nitrogen and oxygen atoms in total. The molecule has 4 atom stereocenters. The van der Waals surface area contributed by atoms with Crippen molar-refractivity contribution in [2.75, 3.05) is 7.11 Å². The summed E-state index contributed by atoms with van der Waals surface area (Å²) >= 11 is 0. The second kappa shape index (κ2) is 7.56. The van der Waals surface area contributed by atoms with E-state index in [2.05, 4.69) is 5.32 Å². The Morgan fingerprint density at radius 1 is 0.964 bits per heavy atom. The quantitative estimate of drug-likeness (QED) is 0.637. The minimum absolute atomic E-state index is 0.0548. The third-order valence-corrected chi connectivity index (χ3v) is 5.63. The number of ether oxygens (including phenoxy) is 1. The number of carbonyl (C=O) groups excluding carboxylic acids is 3. The fourth-order valence-corrected chi connectivity index (χ4v) is 4.32. The van der Waals surface area contributed by atoms with Crippen molar-refractivity contribution in [2.45, 2.75) is 25.0 Å². The van der Waals surface area contributed by atoms with Gasteiger partial charge in [-0.25, -0.2) is 0 Å². The fraction of sp³-hybridized carbons (Fsp3) is 0.318. The van der Waals surface area contributed by atoms with Crippen LogP contribution in [0.15, 0.2) is 60.7 Å². The fourth-order valence-electron chi connectivity index (χ4n) is 4.32. The molecule has 1 N–H and O–H groups in total. The number of hydrogen-bond donors (Lipinski definition) is 1. The van der Waals surface area contributed by atoms with Crippen LogP contribution in [0.1, 0.15) is 23.6 Å². The number of nitrogens with zero attached hydrogens (tertiary/aromatic N) is 1. The number of fused-ring (bicyclic) bond motifs is 1. The normalized spacial score (nSPS) is 26.4. The van der Waals surface area contributed by atoms with Crippen LogP contribution in [0.5, 0.6) is 0 Å². The highest BCUT2D eigenvalue weighted by Gasteiger charge is 2.59. The van der Waals surface area contributed by atoms with Crippen molar-refractivity contribution in [3.63, 3.8) is 0 Å². The van der Waals surface area contributed by atoms with Crippen molar-refractivity contribution in [2.24, 2.45) is 11.8 Å². The minimum Gasteiger partial charge on any atom is -0.469 e. The molecule has 144 valence electrons. The van der Waals surface area contributed by atoms with Gasteiger partial charge in [0.15, 0.2) is 0 Å². The largest absolute Gasteiger partial charge is 0.469 e. The molecule has 2 fully saturated rings. The van der Waals surface area contributed by atoms with Crippen LogP contribution in [-0.4, -0.2) is 35.8 Å². The van der Waals surface area contributed by atoms with Gasteiger partial charge < -0.3 is 10.1 Å². The zero-order valence-corrected chi connectivity index (χ0v) is 15.6. The van der Waals surface area contributed by atoms with Crippen LogP contribution in [0.25, 0.3) is 0 Å². The molecule has 0 aromatic heterocycles. The van der Waals surface area contributed by atoms with E-state index in [0.717, 1.165) is 11.1 Å². The first-order chi connectivity index (χ1) is 13.6. The molecule has 6 heteroatoms. The summed E-state index contributed by atoms with van der Waals surface area (Å²) in [4.78, 5) is 39.6. The van der Waals surface area contributed by atoms with Crippen LogP contribution in [0.4, 0.5) is 0 Å². The molecule has 28 heavy (non-hydrogen) atoms. The summed E-state index contributed by atoms with van der Waals surface area (Å²) in [6, 6.07) is 18.3. The monoisotopic (exact) mass is 378 g/mol. The van der Waals surface area contributed by atoms with Crippen molar-refractivity contribution >= 4 is 17.8 Å². The smallest absolute Gasteiger partial charge is 0.307 e. The highest BCUT2D eigenvalue weighted by Crippen LogP contribution is 2.45. The highest BCUT2D eigenvalue weighted by atomic mass is 16.5. The van der Waals surface area contributed by atoms with Gasteiger partial charge >= 0.3 is 5.97 Å². The maximum atomic E-state index is 13.2. The number of rotatable bonds is 5. The van der Waals surface area contributed by atoms with Gasteiger partial charge in [-0.2, -0.15) is 0 Å². The number of nitrogens with one attached hydrogen (secondary N) is 1. The number of esters is 1. The SMILES string of the molecule is COC(=O)C[C@H]1N[C@@H](c2ccccc2)[C@H]2C(=O)N(Cc3ccccc3)C(=O)[C@@H]21. The van der Waals surface area contributed by atoms with Gasteiger partial charge in [0.05, 0.1) is 31.9 Å². The standard InChI is InChI=1S/C22H22N2O4/c1-28-17(25)12-16-18-19(20(23-16)15-10-6-3-7-11-15)22(27)24(21(18)26)13-14-8-4-2-5-9-14/h2-11,16,18-20,23H,12-13H2,1H3/t16-,18-,19+,20+/m1/s1. The van der Waals surface area contributed by atoms with Gasteiger partial charge in [0.2, 0.25) is 11.8 Å². The zero-order chi connectivity index (χ0) is 19.7. The predicted octanol–water partition coefficient (Wildman–Crippen LogP) is 2.06. The van der Waals surface area contributed by atoms with Crippen LogP contribution in [-0.2, 0) is 25.7 Å². The Labute approximate surface area is 163 Å². The van der Waals surface area contributed by atoms with Gasteiger partial charge in [-0.3, -0.25) is 19.3 Å². The lowest BCUT2D eigenvalue weighted by atomic mass is 9.86. The van der Waals surface area contributed by atoms with Gasteiger partial charge in [-0.1, -0.05) is 60.7 Å². The Kier molecular flexibility index (Phi) is 4.96. The van der Waals surface area contributed by atoms with E-state index >= 15 is 0 Å². The van der Waals surface area contributed by atoms with Crippen molar-refractivity contribution in [3.05, 3.63) is 71.8 Å². The van der Waals surface area contributed by atoms with Crippen molar-refractivity contribution in [3.8, 4) is 0 Å².